The molecule has 0 saturated heterocycles. The maximum Gasteiger partial charge on any atom is 0.188 e. The number of hydrogen-bond donors (Lipinski definition) is 0. The van der Waals surface area contributed by atoms with Gasteiger partial charge >= 0.3 is 0 Å². The number of hydrogen-bond acceptors (Lipinski definition) is 2. The number of rotatable bonds is 2. The lowest BCUT2D eigenvalue weighted by molar-refractivity contribution is 0.876. The Hall–Kier alpha value is -1.15. The van der Waals surface area contributed by atoms with E-state index in [1.165, 1.54) is 15.1 Å². The topological polar surface area (TPSA) is 17.1 Å². The van der Waals surface area contributed by atoms with Crippen molar-refractivity contribution in [3.63, 3.8) is 0 Å². The van der Waals surface area contributed by atoms with Crippen LogP contribution in [0.2, 0.25) is 0 Å². The van der Waals surface area contributed by atoms with E-state index >= 15 is 0 Å². The molecule has 2 heteroatoms. The zero-order valence-corrected chi connectivity index (χ0v) is 11.6. The SMILES string of the molecule is CC(C)c1cc(=O)c2cccc(C(C)C)c2s1. The minimum atomic E-state index is 0.157. The van der Waals surface area contributed by atoms with Crippen LogP contribution in [0.5, 0.6) is 0 Å². The van der Waals surface area contributed by atoms with Crippen LogP contribution < -0.4 is 5.43 Å². The van der Waals surface area contributed by atoms with Crippen LogP contribution in [0.25, 0.3) is 10.1 Å². The van der Waals surface area contributed by atoms with Gasteiger partial charge in [-0.15, -0.1) is 11.3 Å². The van der Waals surface area contributed by atoms with Crippen LogP contribution in [-0.2, 0) is 0 Å². The largest absolute Gasteiger partial charge is 0.289 e. The van der Waals surface area contributed by atoms with Crippen LogP contribution in [0, 0.1) is 0 Å². The van der Waals surface area contributed by atoms with E-state index in [4.69, 9.17) is 0 Å². The fourth-order valence-electron chi connectivity index (χ4n) is 1.96. The molecule has 1 heterocycles. The Morgan fingerprint density at radius 2 is 1.76 bits per heavy atom. The molecule has 0 aliphatic rings. The highest BCUT2D eigenvalue weighted by atomic mass is 32.1. The third-order valence-electron chi connectivity index (χ3n) is 3.00. The van der Waals surface area contributed by atoms with Crippen molar-refractivity contribution in [3.05, 3.63) is 44.9 Å². The molecule has 0 atom stereocenters. The molecule has 0 N–H and O–H groups in total. The van der Waals surface area contributed by atoms with Gasteiger partial charge in [-0.05, 0) is 29.5 Å². The average Bonchev–Trinajstić information content (AvgIpc) is 2.27. The molecule has 0 saturated carbocycles. The van der Waals surface area contributed by atoms with Crippen molar-refractivity contribution in [3.8, 4) is 0 Å². The van der Waals surface area contributed by atoms with Gasteiger partial charge in [0.15, 0.2) is 5.43 Å². The highest BCUT2D eigenvalue weighted by Crippen LogP contribution is 2.30. The van der Waals surface area contributed by atoms with E-state index in [-0.39, 0.29) is 5.43 Å². The summed E-state index contributed by atoms with van der Waals surface area (Å²) in [6.45, 7) is 8.62. The summed E-state index contributed by atoms with van der Waals surface area (Å²) in [5.41, 5.74) is 1.44. The third-order valence-corrected chi connectivity index (χ3v) is 4.48. The Balaban J connectivity index is 2.83. The van der Waals surface area contributed by atoms with Gasteiger partial charge in [-0.1, -0.05) is 39.8 Å². The first-order chi connectivity index (χ1) is 8.00. The molecule has 0 spiro atoms. The van der Waals surface area contributed by atoms with E-state index in [1.54, 1.807) is 17.4 Å². The van der Waals surface area contributed by atoms with Crippen molar-refractivity contribution < 1.29 is 0 Å². The minimum absolute atomic E-state index is 0.157. The number of benzene rings is 1. The van der Waals surface area contributed by atoms with Crippen LogP contribution in [-0.4, -0.2) is 0 Å². The molecule has 1 aromatic heterocycles. The Kier molecular flexibility index (Phi) is 3.34. The Morgan fingerprint density at radius 3 is 2.35 bits per heavy atom. The minimum Gasteiger partial charge on any atom is -0.289 e. The molecule has 1 aromatic carbocycles. The zero-order valence-electron chi connectivity index (χ0n) is 10.8. The molecular weight excluding hydrogens is 228 g/mol. The monoisotopic (exact) mass is 246 g/mol. The standard InChI is InChI=1S/C15H18OS/c1-9(2)11-6-5-7-12-13(16)8-14(10(3)4)17-15(11)12/h5-10H,1-4H3. The van der Waals surface area contributed by atoms with Crippen LogP contribution in [0.1, 0.15) is 50.0 Å². The molecule has 0 bridgehead atoms. The number of fused-ring (bicyclic) bond motifs is 1. The van der Waals surface area contributed by atoms with Gasteiger partial charge < -0.3 is 0 Å². The third kappa shape index (κ3) is 2.27. The molecule has 0 amide bonds. The zero-order chi connectivity index (χ0) is 12.6. The Bertz CT molecular complexity index is 593. The second kappa shape index (κ2) is 4.61. The van der Waals surface area contributed by atoms with E-state index in [0.29, 0.717) is 11.8 Å². The van der Waals surface area contributed by atoms with Gasteiger partial charge in [0.25, 0.3) is 0 Å². The van der Waals surface area contributed by atoms with Crippen molar-refractivity contribution in [2.24, 2.45) is 0 Å². The molecule has 0 unspecified atom stereocenters. The molecule has 90 valence electrons. The highest BCUT2D eigenvalue weighted by Gasteiger charge is 2.10. The van der Waals surface area contributed by atoms with Crippen LogP contribution in [0.4, 0.5) is 0 Å². The predicted molar refractivity (Wildman–Crippen MR) is 76.3 cm³/mol. The molecule has 2 rings (SSSR count). The van der Waals surface area contributed by atoms with Crippen LogP contribution >= 0.6 is 11.3 Å². The van der Waals surface area contributed by atoms with Crippen LogP contribution in [0.3, 0.4) is 0 Å². The molecule has 1 nitrogen and oxygen atoms in total. The second-order valence-electron chi connectivity index (χ2n) is 5.05. The van der Waals surface area contributed by atoms with Crippen molar-refractivity contribution in [2.45, 2.75) is 39.5 Å². The smallest absolute Gasteiger partial charge is 0.188 e. The Morgan fingerprint density at radius 1 is 1.06 bits per heavy atom. The van der Waals surface area contributed by atoms with Gasteiger partial charge in [0.05, 0.1) is 0 Å². The van der Waals surface area contributed by atoms with Gasteiger partial charge in [0.1, 0.15) is 0 Å². The van der Waals surface area contributed by atoms with Crippen molar-refractivity contribution >= 4 is 21.4 Å². The lowest BCUT2D eigenvalue weighted by atomic mass is 10.0. The molecule has 0 fully saturated rings. The fraction of sp³-hybridized carbons (Fsp3) is 0.400. The fourth-order valence-corrected chi connectivity index (χ4v) is 3.29. The quantitative estimate of drug-likeness (QED) is 0.762. The molecule has 17 heavy (non-hydrogen) atoms. The van der Waals surface area contributed by atoms with Gasteiger partial charge in [-0.2, -0.15) is 0 Å². The van der Waals surface area contributed by atoms with Crippen molar-refractivity contribution in [2.75, 3.05) is 0 Å². The summed E-state index contributed by atoms with van der Waals surface area (Å²) in [5, 5.41) is 0.866. The van der Waals surface area contributed by atoms with E-state index < -0.39 is 0 Å². The van der Waals surface area contributed by atoms with Crippen LogP contribution in [0.15, 0.2) is 29.1 Å². The summed E-state index contributed by atoms with van der Waals surface area (Å²) >= 11 is 1.76. The van der Waals surface area contributed by atoms with Gasteiger partial charge in [0, 0.05) is 15.0 Å². The van der Waals surface area contributed by atoms with Gasteiger partial charge in [0.2, 0.25) is 0 Å². The molecule has 0 radical (unpaired) electrons. The maximum atomic E-state index is 12.1. The van der Waals surface area contributed by atoms with Crippen molar-refractivity contribution in [1.29, 1.82) is 0 Å². The first-order valence-corrected chi connectivity index (χ1v) is 6.89. The van der Waals surface area contributed by atoms with Gasteiger partial charge in [-0.3, -0.25) is 4.79 Å². The normalized spacial score (nSPS) is 11.6. The summed E-state index contributed by atoms with van der Waals surface area (Å²) in [4.78, 5) is 13.3. The van der Waals surface area contributed by atoms with E-state index in [9.17, 15) is 4.79 Å². The lowest BCUT2D eigenvalue weighted by Crippen LogP contribution is -2.03. The Labute approximate surface area is 106 Å². The molecule has 0 aliphatic carbocycles. The maximum absolute atomic E-state index is 12.1. The first-order valence-electron chi connectivity index (χ1n) is 6.07. The summed E-state index contributed by atoms with van der Waals surface area (Å²) in [5.74, 6) is 0.870. The average molecular weight is 246 g/mol. The summed E-state index contributed by atoms with van der Waals surface area (Å²) in [6, 6.07) is 7.85. The molecular formula is C15H18OS. The van der Waals surface area contributed by atoms with E-state index in [1.807, 2.05) is 12.1 Å². The van der Waals surface area contributed by atoms with E-state index in [2.05, 4.69) is 33.8 Å². The highest BCUT2D eigenvalue weighted by molar-refractivity contribution is 7.18. The summed E-state index contributed by atoms with van der Waals surface area (Å²) in [6.07, 6.45) is 0. The molecule has 2 aromatic rings. The van der Waals surface area contributed by atoms with E-state index in [0.717, 1.165) is 5.39 Å². The lowest BCUT2D eigenvalue weighted by Gasteiger charge is -2.11. The van der Waals surface area contributed by atoms with Crippen molar-refractivity contribution in [1.82, 2.24) is 0 Å². The first kappa shape index (κ1) is 12.3. The summed E-state index contributed by atoms with van der Waals surface area (Å²) in [7, 11) is 0. The predicted octanol–water partition coefficient (Wildman–Crippen LogP) is 4.51. The second-order valence-corrected chi connectivity index (χ2v) is 6.13. The summed E-state index contributed by atoms with van der Waals surface area (Å²) < 4.78 is 1.17. The molecule has 0 aliphatic heterocycles. The van der Waals surface area contributed by atoms with Gasteiger partial charge in [-0.25, -0.2) is 0 Å².